The Balaban J connectivity index is 1.65. The van der Waals surface area contributed by atoms with Gasteiger partial charge < -0.3 is 15.4 Å². The number of carbonyl (C=O) groups excluding carboxylic acids is 2. The molecular formula is C22H21N3O3. The molecule has 1 heterocycles. The predicted octanol–water partition coefficient (Wildman–Crippen LogP) is 4.04. The van der Waals surface area contributed by atoms with Crippen molar-refractivity contribution in [3.63, 3.8) is 0 Å². The maximum Gasteiger partial charge on any atom is 0.337 e. The molecule has 3 rings (SSSR count). The summed E-state index contributed by atoms with van der Waals surface area (Å²) in [5, 5.41) is 6.09. The maximum absolute atomic E-state index is 12.5. The number of nitrogens with zero attached hydrogens (tertiary/aromatic N) is 1. The summed E-state index contributed by atoms with van der Waals surface area (Å²) in [6.07, 6.45) is 3.19. The number of rotatable bonds is 6. The van der Waals surface area contributed by atoms with E-state index >= 15 is 0 Å². The van der Waals surface area contributed by atoms with E-state index in [4.69, 9.17) is 0 Å². The average molecular weight is 375 g/mol. The Morgan fingerprint density at radius 2 is 1.71 bits per heavy atom. The van der Waals surface area contributed by atoms with E-state index in [2.05, 4.69) is 39.4 Å². The van der Waals surface area contributed by atoms with Crippen LogP contribution in [0.1, 0.15) is 31.8 Å². The van der Waals surface area contributed by atoms with E-state index in [9.17, 15) is 9.59 Å². The minimum Gasteiger partial charge on any atom is -0.465 e. The van der Waals surface area contributed by atoms with Crippen molar-refractivity contribution in [3.8, 4) is 0 Å². The average Bonchev–Trinajstić information content (AvgIpc) is 2.73. The fraction of sp³-hybridized carbons (Fsp3) is 0.136. The normalized spacial score (nSPS) is 10.2. The van der Waals surface area contributed by atoms with Gasteiger partial charge in [0, 0.05) is 24.6 Å². The molecule has 3 aromatic rings. The second kappa shape index (κ2) is 8.81. The van der Waals surface area contributed by atoms with Gasteiger partial charge in [0.2, 0.25) is 0 Å². The predicted molar refractivity (Wildman–Crippen MR) is 108 cm³/mol. The SMILES string of the molecule is COC(=O)c1ccc(NC(=O)c2cncc(NCc3ccccc3C)c2)cc1. The molecule has 0 aliphatic heterocycles. The maximum atomic E-state index is 12.5. The topological polar surface area (TPSA) is 80.3 Å². The molecule has 0 bridgehead atoms. The monoisotopic (exact) mass is 375 g/mol. The number of methoxy groups -OCH3 is 1. The number of aromatic nitrogens is 1. The molecule has 1 aromatic heterocycles. The summed E-state index contributed by atoms with van der Waals surface area (Å²) in [4.78, 5) is 28.1. The first-order valence-electron chi connectivity index (χ1n) is 8.80. The van der Waals surface area contributed by atoms with Crippen LogP contribution in [0.15, 0.2) is 67.0 Å². The van der Waals surface area contributed by atoms with Gasteiger partial charge in [-0.15, -0.1) is 0 Å². The van der Waals surface area contributed by atoms with Crippen molar-refractivity contribution in [1.29, 1.82) is 0 Å². The molecule has 2 aromatic carbocycles. The van der Waals surface area contributed by atoms with Gasteiger partial charge in [-0.1, -0.05) is 24.3 Å². The molecule has 0 spiro atoms. The van der Waals surface area contributed by atoms with Crippen molar-refractivity contribution in [1.82, 2.24) is 4.98 Å². The summed E-state index contributed by atoms with van der Waals surface area (Å²) in [6, 6.07) is 16.4. The van der Waals surface area contributed by atoms with Crippen molar-refractivity contribution < 1.29 is 14.3 Å². The lowest BCUT2D eigenvalue weighted by molar-refractivity contribution is 0.0600. The minimum atomic E-state index is -0.422. The first-order chi connectivity index (χ1) is 13.6. The lowest BCUT2D eigenvalue weighted by atomic mass is 10.1. The zero-order valence-corrected chi connectivity index (χ0v) is 15.7. The van der Waals surface area contributed by atoms with Crippen LogP contribution in [0.5, 0.6) is 0 Å². The summed E-state index contributed by atoms with van der Waals surface area (Å²) in [5.41, 5.74) is 4.58. The van der Waals surface area contributed by atoms with Crippen molar-refractivity contribution in [2.24, 2.45) is 0 Å². The van der Waals surface area contributed by atoms with E-state index in [-0.39, 0.29) is 5.91 Å². The molecular weight excluding hydrogens is 354 g/mol. The number of pyridine rings is 1. The second-order valence-corrected chi connectivity index (χ2v) is 6.27. The molecule has 0 unspecified atom stereocenters. The Hall–Kier alpha value is -3.67. The number of amides is 1. The summed E-state index contributed by atoms with van der Waals surface area (Å²) >= 11 is 0. The van der Waals surface area contributed by atoms with Crippen molar-refractivity contribution in [2.45, 2.75) is 13.5 Å². The van der Waals surface area contributed by atoms with Crippen LogP contribution < -0.4 is 10.6 Å². The molecule has 142 valence electrons. The molecule has 0 fully saturated rings. The lowest BCUT2D eigenvalue weighted by Crippen LogP contribution is -2.13. The number of esters is 1. The van der Waals surface area contributed by atoms with Crippen LogP contribution in [0.2, 0.25) is 0 Å². The van der Waals surface area contributed by atoms with Gasteiger partial charge in [-0.25, -0.2) is 4.79 Å². The number of aryl methyl sites for hydroxylation is 1. The van der Waals surface area contributed by atoms with E-state index in [1.54, 1.807) is 36.5 Å². The van der Waals surface area contributed by atoms with Crippen molar-refractivity contribution >= 4 is 23.3 Å². The smallest absolute Gasteiger partial charge is 0.337 e. The molecule has 6 nitrogen and oxygen atoms in total. The Morgan fingerprint density at radius 3 is 2.43 bits per heavy atom. The Labute approximate surface area is 163 Å². The van der Waals surface area contributed by atoms with Crippen LogP contribution >= 0.6 is 0 Å². The summed E-state index contributed by atoms with van der Waals surface area (Å²) in [6.45, 7) is 2.71. The van der Waals surface area contributed by atoms with Gasteiger partial charge >= 0.3 is 5.97 Å². The molecule has 0 radical (unpaired) electrons. The van der Waals surface area contributed by atoms with Crippen LogP contribution in [-0.4, -0.2) is 24.0 Å². The van der Waals surface area contributed by atoms with Crippen LogP contribution in [0, 0.1) is 6.92 Å². The molecule has 0 atom stereocenters. The lowest BCUT2D eigenvalue weighted by Gasteiger charge is -2.10. The zero-order chi connectivity index (χ0) is 19.9. The van der Waals surface area contributed by atoms with Gasteiger partial charge in [0.1, 0.15) is 0 Å². The zero-order valence-electron chi connectivity index (χ0n) is 15.7. The highest BCUT2D eigenvalue weighted by Gasteiger charge is 2.09. The number of hydrogen-bond acceptors (Lipinski definition) is 5. The summed E-state index contributed by atoms with van der Waals surface area (Å²) in [5.74, 6) is -0.702. The largest absolute Gasteiger partial charge is 0.465 e. The third-order valence-corrected chi connectivity index (χ3v) is 4.31. The molecule has 0 aliphatic carbocycles. The summed E-state index contributed by atoms with van der Waals surface area (Å²) < 4.78 is 4.66. The Kier molecular flexibility index (Phi) is 6.01. The highest BCUT2D eigenvalue weighted by Crippen LogP contribution is 2.15. The van der Waals surface area contributed by atoms with E-state index in [0.717, 1.165) is 5.69 Å². The molecule has 6 heteroatoms. The third kappa shape index (κ3) is 4.73. The summed E-state index contributed by atoms with van der Waals surface area (Å²) in [7, 11) is 1.32. The molecule has 28 heavy (non-hydrogen) atoms. The number of carbonyl (C=O) groups is 2. The van der Waals surface area contributed by atoms with Gasteiger partial charge in [-0.2, -0.15) is 0 Å². The first-order valence-corrected chi connectivity index (χ1v) is 8.80. The van der Waals surface area contributed by atoms with Crippen LogP contribution in [0.25, 0.3) is 0 Å². The first kappa shape index (κ1) is 19.1. The van der Waals surface area contributed by atoms with Gasteiger partial charge in [0.05, 0.1) is 23.9 Å². The van der Waals surface area contributed by atoms with Gasteiger partial charge in [-0.3, -0.25) is 9.78 Å². The molecule has 0 saturated heterocycles. The fourth-order valence-electron chi connectivity index (χ4n) is 2.68. The molecule has 1 amide bonds. The quantitative estimate of drug-likeness (QED) is 0.636. The van der Waals surface area contributed by atoms with Crippen LogP contribution in [-0.2, 0) is 11.3 Å². The number of hydrogen-bond donors (Lipinski definition) is 2. The van der Waals surface area contributed by atoms with Crippen molar-refractivity contribution in [2.75, 3.05) is 17.7 Å². The number of nitrogens with one attached hydrogen (secondary N) is 2. The number of ether oxygens (including phenoxy) is 1. The molecule has 2 N–H and O–H groups in total. The van der Waals surface area contributed by atoms with Gasteiger partial charge in [0.15, 0.2) is 0 Å². The number of anilines is 2. The van der Waals surface area contributed by atoms with E-state index in [1.807, 2.05) is 12.1 Å². The van der Waals surface area contributed by atoms with Crippen LogP contribution in [0.3, 0.4) is 0 Å². The molecule has 0 saturated carbocycles. The van der Waals surface area contributed by atoms with Gasteiger partial charge in [0.25, 0.3) is 5.91 Å². The number of benzene rings is 2. The minimum absolute atomic E-state index is 0.280. The Morgan fingerprint density at radius 1 is 0.964 bits per heavy atom. The highest BCUT2D eigenvalue weighted by molar-refractivity contribution is 6.04. The van der Waals surface area contributed by atoms with E-state index < -0.39 is 5.97 Å². The van der Waals surface area contributed by atoms with Gasteiger partial charge in [-0.05, 0) is 48.4 Å². The molecule has 0 aliphatic rings. The second-order valence-electron chi connectivity index (χ2n) is 6.27. The van der Waals surface area contributed by atoms with Crippen LogP contribution in [0.4, 0.5) is 11.4 Å². The van der Waals surface area contributed by atoms with Crippen molar-refractivity contribution in [3.05, 3.63) is 89.2 Å². The van der Waals surface area contributed by atoms with E-state index in [1.165, 1.54) is 24.4 Å². The highest BCUT2D eigenvalue weighted by atomic mass is 16.5. The Bertz CT molecular complexity index is 984. The third-order valence-electron chi connectivity index (χ3n) is 4.31. The standard InChI is InChI=1S/C22H21N3O3/c1-15-5-3-4-6-17(15)13-24-20-11-18(12-23-14-20)21(26)25-19-9-7-16(8-10-19)22(27)28-2/h3-12,14,24H,13H2,1-2H3,(H,25,26). The fourth-order valence-corrected chi connectivity index (χ4v) is 2.68. The van der Waals surface area contributed by atoms with E-state index in [0.29, 0.717) is 23.4 Å².